The van der Waals surface area contributed by atoms with Crippen molar-refractivity contribution in [3.63, 3.8) is 0 Å². The molecule has 1 N–H and O–H groups in total. The van der Waals surface area contributed by atoms with Crippen LogP contribution in [0.3, 0.4) is 0 Å². The number of halogens is 1. The van der Waals surface area contributed by atoms with Crippen molar-refractivity contribution in [2.45, 2.75) is 25.8 Å². The van der Waals surface area contributed by atoms with E-state index in [0.717, 1.165) is 47.3 Å². The number of amides is 1. The van der Waals surface area contributed by atoms with Crippen molar-refractivity contribution in [2.75, 3.05) is 19.6 Å². The Morgan fingerprint density at radius 3 is 2.96 bits per heavy atom. The van der Waals surface area contributed by atoms with Gasteiger partial charge in [0.05, 0.1) is 17.4 Å². The molecule has 1 aromatic carbocycles. The SMILES string of the molecule is CCCN(C(=O)c1ccc(-c2cnn(-c3ccccc3I)c2)o1)[C@@H]1CCNC1. The van der Waals surface area contributed by atoms with Crippen LogP contribution in [0.1, 0.15) is 30.3 Å². The van der Waals surface area contributed by atoms with E-state index >= 15 is 0 Å². The molecule has 3 aromatic rings. The van der Waals surface area contributed by atoms with Crippen LogP contribution in [0, 0.1) is 3.57 Å². The number of nitrogens with zero attached hydrogens (tertiary/aromatic N) is 3. The topological polar surface area (TPSA) is 63.3 Å². The standard InChI is InChI=1S/C21H23IN4O2/c1-2-11-25(16-9-10-23-13-16)21(27)20-8-7-19(28-20)15-12-24-26(14-15)18-6-4-3-5-17(18)22/h3-8,12,14,16,23H,2,9-11,13H2,1H3/t16-/m1/s1. The molecule has 6 nitrogen and oxygen atoms in total. The number of para-hydroxylation sites is 1. The van der Waals surface area contributed by atoms with Crippen LogP contribution in [0.25, 0.3) is 17.0 Å². The normalized spacial score (nSPS) is 16.4. The average molecular weight is 490 g/mol. The van der Waals surface area contributed by atoms with E-state index in [1.165, 1.54) is 0 Å². The Labute approximate surface area is 178 Å². The van der Waals surface area contributed by atoms with Gasteiger partial charge in [0.1, 0.15) is 5.76 Å². The van der Waals surface area contributed by atoms with E-state index in [1.54, 1.807) is 12.3 Å². The second-order valence-electron chi connectivity index (χ2n) is 6.93. The van der Waals surface area contributed by atoms with Gasteiger partial charge in [0.15, 0.2) is 5.76 Å². The first-order chi connectivity index (χ1) is 13.7. The number of rotatable bonds is 6. The molecule has 28 heavy (non-hydrogen) atoms. The Balaban J connectivity index is 1.56. The summed E-state index contributed by atoms with van der Waals surface area (Å²) in [6.45, 7) is 4.64. The van der Waals surface area contributed by atoms with Crippen LogP contribution in [0.5, 0.6) is 0 Å². The van der Waals surface area contributed by atoms with E-state index in [1.807, 2.05) is 46.1 Å². The fourth-order valence-electron chi connectivity index (χ4n) is 3.57. The zero-order chi connectivity index (χ0) is 19.5. The molecule has 4 rings (SSSR count). The van der Waals surface area contributed by atoms with Gasteiger partial charge in [0.25, 0.3) is 5.91 Å². The maximum Gasteiger partial charge on any atom is 0.289 e. The maximum absolute atomic E-state index is 13.0. The van der Waals surface area contributed by atoms with Crippen molar-refractivity contribution in [3.8, 4) is 17.0 Å². The Hall–Kier alpha value is -2.13. The van der Waals surface area contributed by atoms with Crippen LogP contribution >= 0.6 is 22.6 Å². The largest absolute Gasteiger partial charge is 0.451 e. The molecule has 146 valence electrons. The second-order valence-corrected chi connectivity index (χ2v) is 8.10. The zero-order valence-corrected chi connectivity index (χ0v) is 17.9. The predicted molar refractivity (Wildman–Crippen MR) is 117 cm³/mol. The van der Waals surface area contributed by atoms with Gasteiger partial charge in [-0.2, -0.15) is 5.10 Å². The first-order valence-corrected chi connectivity index (χ1v) is 10.7. The average Bonchev–Trinajstić information content (AvgIpc) is 3.47. The summed E-state index contributed by atoms with van der Waals surface area (Å²) in [4.78, 5) is 15.0. The van der Waals surface area contributed by atoms with E-state index in [-0.39, 0.29) is 11.9 Å². The van der Waals surface area contributed by atoms with Crippen LogP contribution in [-0.2, 0) is 0 Å². The predicted octanol–water partition coefficient (Wildman–Crippen LogP) is 3.95. The van der Waals surface area contributed by atoms with Gasteiger partial charge in [-0.3, -0.25) is 4.79 Å². The molecule has 1 aliphatic heterocycles. The highest BCUT2D eigenvalue weighted by atomic mass is 127. The third-order valence-electron chi connectivity index (χ3n) is 4.98. The summed E-state index contributed by atoms with van der Waals surface area (Å²) in [5.41, 5.74) is 1.86. The van der Waals surface area contributed by atoms with Crippen LogP contribution in [-0.4, -0.2) is 46.3 Å². The third kappa shape index (κ3) is 3.86. The number of carbonyl (C=O) groups excluding carboxylic acids is 1. The lowest BCUT2D eigenvalue weighted by atomic mass is 10.2. The van der Waals surface area contributed by atoms with Crippen LogP contribution in [0.4, 0.5) is 0 Å². The van der Waals surface area contributed by atoms with Crippen LogP contribution < -0.4 is 5.32 Å². The van der Waals surface area contributed by atoms with Crippen LogP contribution in [0.15, 0.2) is 53.2 Å². The summed E-state index contributed by atoms with van der Waals surface area (Å²) in [6, 6.07) is 11.9. The lowest BCUT2D eigenvalue weighted by Crippen LogP contribution is -2.41. The fourth-order valence-corrected chi connectivity index (χ4v) is 4.20. The van der Waals surface area contributed by atoms with Gasteiger partial charge >= 0.3 is 0 Å². The minimum Gasteiger partial charge on any atom is -0.451 e. The highest BCUT2D eigenvalue weighted by Crippen LogP contribution is 2.25. The zero-order valence-electron chi connectivity index (χ0n) is 15.8. The van der Waals surface area contributed by atoms with Crippen molar-refractivity contribution in [1.29, 1.82) is 0 Å². The Kier molecular flexibility index (Phi) is 5.82. The first kappa shape index (κ1) is 19.2. The van der Waals surface area contributed by atoms with Gasteiger partial charge < -0.3 is 14.6 Å². The number of nitrogens with one attached hydrogen (secondary N) is 1. The van der Waals surface area contributed by atoms with Crippen molar-refractivity contribution < 1.29 is 9.21 Å². The fraction of sp³-hybridized carbons (Fsp3) is 0.333. The molecule has 1 aliphatic rings. The molecule has 0 aliphatic carbocycles. The van der Waals surface area contributed by atoms with E-state index in [2.05, 4.69) is 39.9 Å². The molecule has 7 heteroatoms. The number of furan rings is 1. The van der Waals surface area contributed by atoms with Crippen molar-refractivity contribution in [1.82, 2.24) is 20.0 Å². The molecule has 0 radical (unpaired) electrons. The lowest BCUT2D eigenvalue weighted by molar-refractivity contribution is 0.0660. The summed E-state index contributed by atoms with van der Waals surface area (Å²) >= 11 is 2.29. The Morgan fingerprint density at radius 1 is 1.36 bits per heavy atom. The van der Waals surface area contributed by atoms with E-state index in [4.69, 9.17) is 4.42 Å². The molecular formula is C21H23IN4O2. The minimum atomic E-state index is -0.0354. The second kappa shape index (κ2) is 8.48. The maximum atomic E-state index is 13.0. The van der Waals surface area contributed by atoms with Gasteiger partial charge in [0.2, 0.25) is 0 Å². The summed E-state index contributed by atoms with van der Waals surface area (Å²) in [5, 5.41) is 7.79. The molecule has 0 saturated carbocycles. The molecule has 2 aromatic heterocycles. The lowest BCUT2D eigenvalue weighted by Gasteiger charge is -2.27. The quantitative estimate of drug-likeness (QED) is 0.532. The molecule has 1 amide bonds. The van der Waals surface area contributed by atoms with E-state index in [9.17, 15) is 4.79 Å². The number of aromatic nitrogens is 2. The summed E-state index contributed by atoms with van der Waals surface area (Å²) in [6.07, 6.45) is 5.61. The molecule has 1 atom stereocenters. The van der Waals surface area contributed by atoms with E-state index < -0.39 is 0 Å². The number of hydrogen-bond acceptors (Lipinski definition) is 4. The summed E-state index contributed by atoms with van der Waals surface area (Å²) in [7, 11) is 0. The first-order valence-electron chi connectivity index (χ1n) is 9.59. The smallest absolute Gasteiger partial charge is 0.289 e. The van der Waals surface area contributed by atoms with Gasteiger partial charge in [-0.25, -0.2) is 4.68 Å². The molecule has 1 fully saturated rings. The number of hydrogen-bond donors (Lipinski definition) is 1. The summed E-state index contributed by atoms with van der Waals surface area (Å²) in [5.74, 6) is 1.01. The van der Waals surface area contributed by atoms with E-state index in [0.29, 0.717) is 11.5 Å². The molecule has 0 spiro atoms. The minimum absolute atomic E-state index is 0.0354. The van der Waals surface area contributed by atoms with Gasteiger partial charge in [-0.15, -0.1) is 0 Å². The Morgan fingerprint density at radius 2 is 2.21 bits per heavy atom. The molecule has 1 saturated heterocycles. The summed E-state index contributed by atoms with van der Waals surface area (Å²) < 4.78 is 8.88. The molecule has 0 bridgehead atoms. The van der Waals surface area contributed by atoms with Crippen molar-refractivity contribution in [2.24, 2.45) is 0 Å². The monoisotopic (exact) mass is 490 g/mol. The van der Waals surface area contributed by atoms with Gasteiger partial charge in [0, 0.05) is 28.9 Å². The van der Waals surface area contributed by atoms with Crippen molar-refractivity contribution >= 4 is 28.5 Å². The highest BCUT2D eigenvalue weighted by Gasteiger charge is 2.28. The van der Waals surface area contributed by atoms with Crippen molar-refractivity contribution in [3.05, 3.63) is 58.1 Å². The van der Waals surface area contributed by atoms with Crippen LogP contribution in [0.2, 0.25) is 0 Å². The molecule has 0 unspecified atom stereocenters. The molecular weight excluding hydrogens is 467 g/mol. The number of benzene rings is 1. The Bertz CT molecular complexity index is 959. The van der Waals surface area contributed by atoms with Gasteiger partial charge in [-0.1, -0.05) is 19.1 Å². The number of carbonyl (C=O) groups is 1. The third-order valence-corrected chi connectivity index (χ3v) is 5.90. The molecule has 3 heterocycles. The van der Waals surface area contributed by atoms with Gasteiger partial charge in [-0.05, 0) is 66.2 Å². The highest BCUT2D eigenvalue weighted by molar-refractivity contribution is 14.1.